The van der Waals surface area contributed by atoms with Crippen molar-refractivity contribution in [2.24, 2.45) is 10.9 Å². The molecule has 6 heteroatoms. The summed E-state index contributed by atoms with van der Waals surface area (Å²) in [6.45, 7) is 5.50. The third-order valence-corrected chi connectivity index (χ3v) is 4.12. The first-order chi connectivity index (χ1) is 11.9. The van der Waals surface area contributed by atoms with Gasteiger partial charge in [-0.15, -0.1) is 0 Å². The summed E-state index contributed by atoms with van der Waals surface area (Å²) in [4.78, 5) is 17.5. The normalized spacial score (nSPS) is 12.6. The van der Waals surface area contributed by atoms with E-state index in [4.69, 9.17) is 22.2 Å². The van der Waals surface area contributed by atoms with Crippen LogP contribution in [-0.4, -0.2) is 17.8 Å². The van der Waals surface area contributed by atoms with Gasteiger partial charge < -0.3 is 15.9 Å². The van der Waals surface area contributed by atoms with Crippen molar-refractivity contribution in [3.8, 4) is 0 Å². The van der Waals surface area contributed by atoms with Crippen LogP contribution in [0.1, 0.15) is 23.6 Å². The number of carbonyl (C=O) groups is 1. The van der Waals surface area contributed by atoms with E-state index in [2.05, 4.69) is 10.5 Å². The van der Waals surface area contributed by atoms with E-state index in [9.17, 15) is 4.79 Å². The topological polar surface area (TPSA) is 76.7 Å². The van der Waals surface area contributed by atoms with E-state index in [1.54, 1.807) is 13.0 Å². The Balaban J connectivity index is 1.95. The van der Waals surface area contributed by atoms with Gasteiger partial charge in [0.15, 0.2) is 0 Å². The Morgan fingerprint density at radius 3 is 2.48 bits per heavy atom. The van der Waals surface area contributed by atoms with Crippen molar-refractivity contribution in [2.45, 2.75) is 33.3 Å². The quantitative estimate of drug-likeness (QED) is 0.467. The van der Waals surface area contributed by atoms with E-state index < -0.39 is 6.10 Å². The minimum atomic E-state index is -0.774. The number of amides is 1. The number of aryl methyl sites for hydroxylation is 2. The molecule has 0 saturated heterocycles. The summed E-state index contributed by atoms with van der Waals surface area (Å²) in [7, 11) is 0. The van der Waals surface area contributed by atoms with E-state index in [0.29, 0.717) is 11.4 Å². The number of oxime groups is 1. The van der Waals surface area contributed by atoms with Gasteiger partial charge in [0.05, 0.1) is 0 Å². The molecular weight excluding hydrogens is 338 g/mol. The fourth-order valence-electron chi connectivity index (χ4n) is 2.30. The minimum absolute atomic E-state index is 0.250. The molecule has 0 saturated carbocycles. The molecule has 0 heterocycles. The number of rotatable bonds is 6. The number of nitrogens with two attached hydrogens (primary N) is 1. The van der Waals surface area contributed by atoms with Gasteiger partial charge in [0, 0.05) is 17.1 Å². The molecule has 25 heavy (non-hydrogen) atoms. The molecule has 0 aliphatic rings. The van der Waals surface area contributed by atoms with Gasteiger partial charge in [0.2, 0.25) is 6.10 Å². The summed E-state index contributed by atoms with van der Waals surface area (Å²) in [5.74, 6) is -0.0356. The molecule has 3 N–H and O–H groups in total. The van der Waals surface area contributed by atoms with Gasteiger partial charge in [-0.3, -0.25) is 4.79 Å². The van der Waals surface area contributed by atoms with Gasteiger partial charge in [-0.25, -0.2) is 0 Å². The average Bonchev–Trinajstić information content (AvgIpc) is 2.58. The van der Waals surface area contributed by atoms with Gasteiger partial charge in [-0.2, -0.15) is 0 Å². The van der Waals surface area contributed by atoms with Crippen molar-refractivity contribution in [1.82, 2.24) is 0 Å². The molecule has 0 aromatic heterocycles. The zero-order valence-electron chi connectivity index (χ0n) is 14.5. The number of benzene rings is 2. The molecule has 2 rings (SSSR count). The number of halogens is 1. The first kappa shape index (κ1) is 18.8. The highest BCUT2D eigenvalue weighted by Crippen LogP contribution is 2.20. The predicted molar refractivity (Wildman–Crippen MR) is 102 cm³/mol. The molecule has 0 bridgehead atoms. The Morgan fingerprint density at radius 1 is 1.20 bits per heavy atom. The van der Waals surface area contributed by atoms with Crippen LogP contribution in [0.15, 0.2) is 47.6 Å². The summed E-state index contributed by atoms with van der Waals surface area (Å²) >= 11 is 6.09. The maximum absolute atomic E-state index is 12.3. The Bertz CT molecular complexity index is 770. The lowest BCUT2D eigenvalue weighted by molar-refractivity contribution is -0.126. The molecule has 132 valence electrons. The lowest BCUT2D eigenvalue weighted by Gasteiger charge is -2.14. The Morgan fingerprint density at radius 2 is 1.84 bits per heavy atom. The Labute approximate surface area is 152 Å². The average molecular weight is 360 g/mol. The van der Waals surface area contributed by atoms with Crippen LogP contribution >= 0.6 is 11.6 Å². The van der Waals surface area contributed by atoms with Gasteiger partial charge in [0.1, 0.15) is 5.84 Å². The molecule has 2 aromatic carbocycles. The molecule has 0 spiro atoms. The maximum atomic E-state index is 12.3. The van der Waals surface area contributed by atoms with Gasteiger partial charge in [-0.1, -0.05) is 53.2 Å². The number of nitrogens with zero attached hydrogens (tertiary/aromatic N) is 1. The summed E-state index contributed by atoms with van der Waals surface area (Å²) < 4.78 is 0. The highest BCUT2D eigenvalue weighted by Gasteiger charge is 2.16. The molecule has 0 fully saturated rings. The van der Waals surface area contributed by atoms with Gasteiger partial charge in [0.25, 0.3) is 5.91 Å². The molecule has 5 nitrogen and oxygen atoms in total. The fourth-order valence-corrected chi connectivity index (χ4v) is 2.50. The van der Waals surface area contributed by atoms with Gasteiger partial charge >= 0.3 is 0 Å². The van der Waals surface area contributed by atoms with Crippen LogP contribution in [0.3, 0.4) is 0 Å². The molecule has 0 radical (unpaired) electrons. The van der Waals surface area contributed by atoms with Crippen molar-refractivity contribution >= 4 is 29.0 Å². The van der Waals surface area contributed by atoms with Crippen molar-refractivity contribution in [2.75, 3.05) is 5.32 Å². The highest BCUT2D eigenvalue weighted by molar-refractivity contribution is 6.31. The second-order valence-corrected chi connectivity index (χ2v) is 6.26. The largest absolute Gasteiger partial charge is 0.384 e. The molecule has 0 aliphatic carbocycles. The standard InChI is InChI=1S/C19H22ClN3O2/c1-12-7-6-8-13(2)18(12)22-19(24)14(3)25-23-17(21)11-15-9-4-5-10-16(15)20/h4-10,14H,11H2,1-3H3,(H2,21,23)(H,22,24). The van der Waals surface area contributed by atoms with Crippen LogP contribution < -0.4 is 11.1 Å². The lowest BCUT2D eigenvalue weighted by Crippen LogP contribution is -2.28. The number of nitrogens with one attached hydrogen (secondary N) is 1. The van der Waals surface area contributed by atoms with Crippen LogP contribution in [-0.2, 0) is 16.1 Å². The van der Waals surface area contributed by atoms with Crippen LogP contribution in [0.5, 0.6) is 0 Å². The number of para-hydroxylation sites is 1. The molecule has 2 aromatic rings. The van der Waals surface area contributed by atoms with Crippen molar-refractivity contribution in [1.29, 1.82) is 0 Å². The predicted octanol–water partition coefficient (Wildman–Crippen LogP) is 3.82. The number of hydrogen-bond acceptors (Lipinski definition) is 3. The van der Waals surface area contributed by atoms with Gasteiger partial charge in [-0.05, 0) is 43.5 Å². The van der Waals surface area contributed by atoms with Crippen molar-refractivity contribution in [3.63, 3.8) is 0 Å². The van der Waals surface area contributed by atoms with Crippen LogP contribution in [0.4, 0.5) is 5.69 Å². The Hall–Kier alpha value is -2.53. The molecule has 0 aliphatic heterocycles. The summed E-state index contributed by atoms with van der Waals surface area (Å²) in [5, 5.41) is 7.32. The Kier molecular flexibility index (Phi) is 6.42. The molecule has 1 amide bonds. The SMILES string of the molecule is Cc1cccc(C)c1NC(=O)C(C)O/N=C(/N)Cc1ccccc1Cl. The lowest BCUT2D eigenvalue weighted by atomic mass is 10.1. The minimum Gasteiger partial charge on any atom is -0.384 e. The summed E-state index contributed by atoms with van der Waals surface area (Å²) in [5.41, 5.74) is 9.47. The third kappa shape index (κ3) is 5.22. The zero-order chi connectivity index (χ0) is 18.4. The number of carbonyl (C=O) groups excluding carboxylic acids is 1. The van der Waals surface area contributed by atoms with E-state index in [1.807, 2.05) is 50.2 Å². The molecule has 1 atom stereocenters. The first-order valence-electron chi connectivity index (χ1n) is 7.97. The molecular formula is C19H22ClN3O2. The monoisotopic (exact) mass is 359 g/mol. The molecule has 1 unspecified atom stereocenters. The van der Waals surface area contributed by atoms with Crippen LogP contribution in [0.25, 0.3) is 0 Å². The van der Waals surface area contributed by atoms with E-state index in [-0.39, 0.29) is 11.7 Å². The number of hydrogen-bond donors (Lipinski definition) is 2. The zero-order valence-corrected chi connectivity index (χ0v) is 15.3. The third-order valence-electron chi connectivity index (χ3n) is 3.76. The highest BCUT2D eigenvalue weighted by atomic mass is 35.5. The number of anilines is 1. The fraction of sp³-hybridized carbons (Fsp3) is 0.263. The van der Waals surface area contributed by atoms with Crippen molar-refractivity contribution in [3.05, 3.63) is 64.2 Å². The second kappa shape index (κ2) is 8.53. The smallest absolute Gasteiger partial charge is 0.268 e. The maximum Gasteiger partial charge on any atom is 0.268 e. The summed E-state index contributed by atoms with van der Waals surface area (Å²) in [6, 6.07) is 13.2. The summed E-state index contributed by atoms with van der Waals surface area (Å²) in [6.07, 6.45) is -0.422. The van der Waals surface area contributed by atoms with E-state index in [0.717, 1.165) is 22.4 Å². The van der Waals surface area contributed by atoms with E-state index in [1.165, 1.54) is 0 Å². The first-order valence-corrected chi connectivity index (χ1v) is 8.35. The number of amidine groups is 1. The van der Waals surface area contributed by atoms with E-state index >= 15 is 0 Å². The van der Waals surface area contributed by atoms with Crippen LogP contribution in [0.2, 0.25) is 5.02 Å². The van der Waals surface area contributed by atoms with Crippen LogP contribution in [0, 0.1) is 13.8 Å². The second-order valence-electron chi connectivity index (χ2n) is 5.85. The van der Waals surface area contributed by atoms with Crippen molar-refractivity contribution < 1.29 is 9.63 Å².